The molecule has 1 rings (SSSR count). The Morgan fingerprint density at radius 1 is 1.14 bits per heavy atom. The van der Waals surface area contributed by atoms with Gasteiger partial charge in [0.25, 0.3) is 10.1 Å². The van der Waals surface area contributed by atoms with E-state index >= 15 is 0 Å². The van der Waals surface area contributed by atoms with Crippen molar-refractivity contribution >= 4 is 10.1 Å². The maximum absolute atomic E-state index is 10.6. The van der Waals surface area contributed by atoms with E-state index in [0.717, 1.165) is 12.0 Å². The first-order chi connectivity index (χ1) is 9.97. The monoisotopic (exact) mass is 316 g/mol. The highest BCUT2D eigenvalue weighted by Gasteiger charge is 2.07. The van der Waals surface area contributed by atoms with E-state index in [1.165, 1.54) is 0 Å². The lowest BCUT2D eigenvalue weighted by Gasteiger charge is -2.12. The van der Waals surface area contributed by atoms with Gasteiger partial charge in [0, 0.05) is 13.2 Å². The average Bonchev–Trinajstić information content (AvgIpc) is 2.42. The summed E-state index contributed by atoms with van der Waals surface area (Å²) in [6, 6.07) is 9.98. The minimum absolute atomic E-state index is 0.0131. The van der Waals surface area contributed by atoms with Crippen LogP contribution in [0.15, 0.2) is 30.3 Å². The van der Waals surface area contributed by atoms with E-state index in [2.05, 4.69) is 0 Å². The van der Waals surface area contributed by atoms with E-state index in [-0.39, 0.29) is 11.9 Å². The van der Waals surface area contributed by atoms with E-state index < -0.39 is 10.1 Å². The molecule has 1 atom stereocenters. The molecule has 1 N–H and O–H groups in total. The number of ether oxygens (including phenoxy) is 2. The van der Waals surface area contributed by atoms with Gasteiger partial charge < -0.3 is 9.47 Å². The summed E-state index contributed by atoms with van der Waals surface area (Å²) in [5.74, 6) is -0.207. The molecule has 0 bridgehead atoms. The summed E-state index contributed by atoms with van der Waals surface area (Å²) in [5, 5.41) is 0. The highest BCUT2D eigenvalue weighted by atomic mass is 32.2. The Morgan fingerprint density at radius 3 is 2.52 bits per heavy atom. The van der Waals surface area contributed by atoms with E-state index in [0.29, 0.717) is 32.7 Å². The number of rotatable bonds is 11. The fourth-order valence-electron chi connectivity index (χ4n) is 1.85. The van der Waals surface area contributed by atoms with Crippen LogP contribution >= 0.6 is 0 Å². The molecular formula is C15H24O5S. The van der Waals surface area contributed by atoms with Gasteiger partial charge in [0.05, 0.1) is 18.5 Å². The van der Waals surface area contributed by atoms with Crippen molar-refractivity contribution in [3.63, 3.8) is 0 Å². The third-order valence-electron chi connectivity index (χ3n) is 2.96. The van der Waals surface area contributed by atoms with Crippen molar-refractivity contribution in [3.05, 3.63) is 35.9 Å². The molecule has 0 fully saturated rings. The van der Waals surface area contributed by atoms with Crippen molar-refractivity contribution in [2.45, 2.75) is 38.9 Å². The summed E-state index contributed by atoms with van der Waals surface area (Å²) < 4.78 is 40.8. The third-order valence-corrected chi connectivity index (χ3v) is 3.76. The molecule has 0 aliphatic carbocycles. The molecule has 21 heavy (non-hydrogen) atoms. The molecule has 120 valence electrons. The van der Waals surface area contributed by atoms with Crippen molar-refractivity contribution in [1.29, 1.82) is 0 Å². The standard InChI is InChI=1S/C15H24O5S/c1-14(7-5-12-21(16,17)18)20-11-6-10-19-13-15-8-3-2-4-9-15/h2-4,8-9,14H,5-7,10-13H2,1H3,(H,16,17,18). The van der Waals surface area contributed by atoms with E-state index in [4.69, 9.17) is 14.0 Å². The molecule has 0 saturated carbocycles. The van der Waals surface area contributed by atoms with Gasteiger partial charge >= 0.3 is 0 Å². The van der Waals surface area contributed by atoms with Crippen LogP contribution < -0.4 is 0 Å². The zero-order valence-corrected chi connectivity index (χ0v) is 13.2. The first-order valence-corrected chi connectivity index (χ1v) is 8.77. The molecule has 1 unspecified atom stereocenters. The van der Waals surface area contributed by atoms with Crippen molar-refractivity contribution in [1.82, 2.24) is 0 Å². The fraction of sp³-hybridized carbons (Fsp3) is 0.600. The van der Waals surface area contributed by atoms with Crippen LogP contribution in [0.2, 0.25) is 0 Å². The largest absolute Gasteiger partial charge is 0.378 e. The summed E-state index contributed by atoms with van der Waals surface area (Å²) in [6.45, 7) is 3.72. The lowest BCUT2D eigenvalue weighted by Crippen LogP contribution is -2.13. The van der Waals surface area contributed by atoms with E-state index in [1.807, 2.05) is 37.3 Å². The second kappa shape index (κ2) is 9.89. The Labute approximate surface area is 127 Å². The Bertz CT molecular complexity index is 472. The minimum Gasteiger partial charge on any atom is -0.378 e. The lowest BCUT2D eigenvalue weighted by atomic mass is 10.2. The van der Waals surface area contributed by atoms with E-state index in [1.54, 1.807) is 0 Å². The smallest absolute Gasteiger partial charge is 0.264 e. The van der Waals surface area contributed by atoms with Crippen molar-refractivity contribution in [2.75, 3.05) is 19.0 Å². The molecule has 0 spiro atoms. The van der Waals surface area contributed by atoms with E-state index in [9.17, 15) is 8.42 Å². The van der Waals surface area contributed by atoms with Gasteiger partial charge in [-0.05, 0) is 31.7 Å². The van der Waals surface area contributed by atoms with Gasteiger partial charge in [-0.2, -0.15) is 8.42 Å². The second-order valence-corrected chi connectivity index (χ2v) is 6.57. The zero-order chi connectivity index (χ0) is 15.6. The van der Waals surface area contributed by atoms with Crippen molar-refractivity contribution in [3.8, 4) is 0 Å². The molecule has 6 heteroatoms. The Kier molecular flexibility index (Phi) is 8.52. The number of benzene rings is 1. The van der Waals surface area contributed by atoms with Crippen molar-refractivity contribution in [2.24, 2.45) is 0 Å². The van der Waals surface area contributed by atoms with Crippen LogP contribution in [0.1, 0.15) is 31.7 Å². The zero-order valence-electron chi connectivity index (χ0n) is 12.4. The molecule has 0 aliphatic rings. The van der Waals surface area contributed by atoms with Crippen LogP contribution in [0.4, 0.5) is 0 Å². The lowest BCUT2D eigenvalue weighted by molar-refractivity contribution is 0.0353. The molecule has 0 aliphatic heterocycles. The number of hydrogen-bond donors (Lipinski definition) is 1. The predicted molar refractivity (Wildman–Crippen MR) is 81.8 cm³/mol. The van der Waals surface area contributed by atoms with Gasteiger partial charge in [-0.25, -0.2) is 0 Å². The van der Waals surface area contributed by atoms with Crippen LogP contribution in [-0.2, 0) is 26.2 Å². The molecule has 0 amide bonds. The normalized spacial score (nSPS) is 13.2. The van der Waals surface area contributed by atoms with Crippen LogP contribution in [0, 0.1) is 0 Å². The topological polar surface area (TPSA) is 72.8 Å². The van der Waals surface area contributed by atoms with Crippen LogP contribution in [0.5, 0.6) is 0 Å². The maximum atomic E-state index is 10.6. The Morgan fingerprint density at radius 2 is 1.86 bits per heavy atom. The Balaban J connectivity index is 1.96. The summed E-state index contributed by atoms with van der Waals surface area (Å²) in [7, 11) is -3.85. The molecule has 0 heterocycles. The van der Waals surface area contributed by atoms with Crippen molar-refractivity contribution < 1.29 is 22.4 Å². The molecular weight excluding hydrogens is 292 g/mol. The van der Waals surface area contributed by atoms with Gasteiger partial charge in [-0.1, -0.05) is 30.3 Å². The van der Waals surface area contributed by atoms with Gasteiger partial charge in [-0.15, -0.1) is 0 Å². The summed E-state index contributed by atoms with van der Waals surface area (Å²) >= 11 is 0. The average molecular weight is 316 g/mol. The van der Waals surface area contributed by atoms with Gasteiger partial charge in [0.1, 0.15) is 0 Å². The van der Waals surface area contributed by atoms with Gasteiger partial charge in [-0.3, -0.25) is 4.55 Å². The molecule has 0 radical (unpaired) electrons. The Hall–Kier alpha value is -0.950. The summed E-state index contributed by atoms with van der Waals surface area (Å²) in [6.07, 6.45) is 1.81. The summed E-state index contributed by atoms with van der Waals surface area (Å²) in [4.78, 5) is 0. The predicted octanol–water partition coefficient (Wildman–Crippen LogP) is 2.67. The SMILES string of the molecule is CC(CCCS(=O)(=O)O)OCCCOCc1ccccc1. The highest BCUT2D eigenvalue weighted by Crippen LogP contribution is 2.05. The van der Waals surface area contributed by atoms with Crippen LogP contribution in [0.3, 0.4) is 0 Å². The van der Waals surface area contributed by atoms with Gasteiger partial charge in [0.15, 0.2) is 0 Å². The second-order valence-electron chi connectivity index (χ2n) is 5.00. The molecule has 5 nitrogen and oxygen atoms in total. The van der Waals surface area contributed by atoms with Crippen LogP contribution in [0.25, 0.3) is 0 Å². The first kappa shape index (κ1) is 18.1. The molecule has 0 saturated heterocycles. The van der Waals surface area contributed by atoms with Crippen LogP contribution in [-0.4, -0.2) is 38.0 Å². The number of hydrogen-bond acceptors (Lipinski definition) is 4. The maximum Gasteiger partial charge on any atom is 0.264 e. The highest BCUT2D eigenvalue weighted by molar-refractivity contribution is 7.85. The quantitative estimate of drug-likeness (QED) is 0.502. The first-order valence-electron chi connectivity index (χ1n) is 7.16. The molecule has 1 aromatic rings. The van der Waals surface area contributed by atoms with Gasteiger partial charge in [0.2, 0.25) is 0 Å². The minimum atomic E-state index is -3.85. The molecule has 0 aromatic heterocycles. The fourth-order valence-corrected chi connectivity index (χ4v) is 2.38. The summed E-state index contributed by atoms with van der Waals surface area (Å²) in [5.41, 5.74) is 1.15. The molecule has 1 aromatic carbocycles. The third kappa shape index (κ3) is 10.4.